The molecule has 0 atom stereocenters. The summed E-state index contributed by atoms with van der Waals surface area (Å²) in [4.78, 5) is 25.4. The van der Waals surface area contributed by atoms with Crippen molar-refractivity contribution in [1.82, 2.24) is 0 Å². The number of fused-ring (bicyclic) bond motifs is 1. The second-order valence-corrected chi connectivity index (χ2v) is 7.40. The summed E-state index contributed by atoms with van der Waals surface area (Å²) in [5.74, 6) is 1.90. The maximum Gasteiger partial charge on any atom is 0.343 e. The number of benzene rings is 3. The molecule has 0 radical (unpaired) electrons. The number of ether oxygens (including phenoxy) is 6. The molecule has 1 aliphatic heterocycles. The second-order valence-electron chi connectivity index (χ2n) is 7.40. The SMILES string of the molecule is CCOc1ccc2c(c1)O/C(=C\c1ccc(OC(=O)c3cc(OC)c(OC)c(OC)c3)cc1)C2=O. The van der Waals surface area contributed by atoms with Gasteiger partial charge < -0.3 is 28.4 Å². The Kier molecular flexibility index (Phi) is 6.91. The maximum absolute atomic E-state index is 12.7. The second kappa shape index (κ2) is 10.2. The molecule has 1 aliphatic rings. The molecule has 0 aromatic heterocycles. The highest BCUT2D eigenvalue weighted by Crippen LogP contribution is 2.38. The zero-order chi connectivity index (χ0) is 24.9. The number of hydrogen-bond donors (Lipinski definition) is 0. The molecule has 3 aromatic rings. The molecular formula is C27H24O8. The van der Waals surface area contributed by atoms with E-state index in [0.717, 1.165) is 0 Å². The zero-order valence-corrected chi connectivity index (χ0v) is 19.7. The Bertz CT molecular complexity index is 1270. The van der Waals surface area contributed by atoms with Crippen molar-refractivity contribution in [3.8, 4) is 34.5 Å². The van der Waals surface area contributed by atoms with E-state index >= 15 is 0 Å². The van der Waals surface area contributed by atoms with E-state index in [9.17, 15) is 9.59 Å². The molecule has 8 heteroatoms. The monoisotopic (exact) mass is 476 g/mol. The Labute approximate surface area is 202 Å². The summed E-state index contributed by atoms with van der Waals surface area (Å²) in [7, 11) is 4.42. The number of allylic oxidation sites excluding steroid dienone is 1. The first-order valence-electron chi connectivity index (χ1n) is 10.8. The third-order valence-corrected chi connectivity index (χ3v) is 5.24. The lowest BCUT2D eigenvalue weighted by Gasteiger charge is -2.13. The van der Waals surface area contributed by atoms with E-state index in [1.54, 1.807) is 48.5 Å². The number of carbonyl (C=O) groups excluding carboxylic acids is 2. The Morgan fingerprint density at radius 3 is 2.14 bits per heavy atom. The number of hydrogen-bond acceptors (Lipinski definition) is 8. The fourth-order valence-corrected chi connectivity index (χ4v) is 3.57. The van der Waals surface area contributed by atoms with E-state index in [1.807, 2.05) is 6.92 Å². The predicted molar refractivity (Wildman–Crippen MR) is 128 cm³/mol. The fraction of sp³-hybridized carbons (Fsp3) is 0.185. The van der Waals surface area contributed by atoms with Crippen LogP contribution in [0, 0.1) is 0 Å². The van der Waals surface area contributed by atoms with Crippen LogP contribution in [0.5, 0.6) is 34.5 Å². The average molecular weight is 476 g/mol. The van der Waals surface area contributed by atoms with Gasteiger partial charge in [-0.15, -0.1) is 0 Å². The molecule has 0 aliphatic carbocycles. The topological polar surface area (TPSA) is 89.5 Å². The van der Waals surface area contributed by atoms with Crippen LogP contribution in [-0.4, -0.2) is 39.7 Å². The summed E-state index contributed by atoms with van der Waals surface area (Å²) in [6.45, 7) is 2.40. The molecule has 0 amide bonds. The van der Waals surface area contributed by atoms with E-state index < -0.39 is 5.97 Å². The van der Waals surface area contributed by atoms with Gasteiger partial charge in [-0.1, -0.05) is 12.1 Å². The number of ketones is 1. The molecule has 8 nitrogen and oxygen atoms in total. The van der Waals surface area contributed by atoms with Crippen LogP contribution in [0.1, 0.15) is 33.2 Å². The Balaban J connectivity index is 1.48. The molecule has 0 fully saturated rings. The van der Waals surface area contributed by atoms with E-state index in [0.29, 0.717) is 52.2 Å². The molecule has 3 aromatic carbocycles. The zero-order valence-electron chi connectivity index (χ0n) is 19.7. The fourth-order valence-electron chi connectivity index (χ4n) is 3.57. The minimum absolute atomic E-state index is 0.204. The largest absolute Gasteiger partial charge is 0.494 e. The molecule has 180 valence electrons. The Morgan fingerprint density at radius 2 is 1.54 bits per heavy atom. The van der Waals surface area contributed by atoms with Crippen molar-refractivity contribution in [2.45, 2.75) is 6.92 Å². The molecule has 35 heavy (non-hydrogen) atoms. The van der Waals surface area contributed by atoms with Crippen LogP contribution in [0.3, 0.4) is 0 Å². The lowest BCUT2D eigenvalue weighted by molar-refractivity contribution is 0.0733. The lowest BCUT2D eigenvalue weighted by Crippen LogP contribution is -2.09. The first kappa shape index (κ1) is 23.7. The molecule has 1 heterocycles. The molecule has 4 rings (SSSR count). The average Bonchev–Trinajstić information content (AvgIpc) is 3.18. The minimum Gasteiger partial charge on any atom is -0.494 e. The summed E-state index contributed by atoms with van der Waals surface area (Å²) in [6.07, 6.45) is 1.63. The number of methoxy groups -OCH3 is 3. The van der Waals surface area contributed by atoms with Crippen LogP contribution < -0.4 is 28.4 Å². The van der Waals surface area contributed by atoms with Crippen LogP contribution in [0.15, 0.2) is 60.4 Å². The third-order valence-electron chi connectivity index (χ3n) is 5.24. The summed E-state index contributed by atoms with van der Waals surface area (Å²) in [5.41, 5.74) is 1.43. The standard InChI is InChI=1S/C27H24O8/c1-5-33-19-10-11-20-21(15-19)35-22(25(20)28)12-16-6-8-18(9-7-16)34-27(29)17-13-23(30-2)26(32-4)24(14-17)31-3/h6-15H,5H2,1-4H3/b22-12-. The van der Waals surface area contributed by atoms with E-state index in [4.69, 9.17) is 28.4 Å². The summed E-state index contributed by atoms with van der Waals surface area (Å²) in [6, 6.07) is 14.8. The van der Waals surface area contributed by atoms with Gasteiger partial charge in [0.15, 0.2) is 17.3 Å². The van der Waals surface area contributed by atoms with Gasteiger partial charge in [-0.3, -0.25) is 4.79 Å². The third kappa shape index (κ3) is 4.91. The van der Waals surface area contributed by atoms with Crippen LogP contribution in [0.25, 0.3) is 6.08 Å². The maximum atomic E-state index is 12.7. The van der Waals surface area contributed by atoms with Gasteiger partial charge in [0.1, 0.15) is 17.2 Å². The number of rotatable bonds is 8. The smallest absolute Gasteiger partial charge is 0.343 e. The van der Waals surface area contributed by atoms with E-state index in [-0.39, 0.29) is 17.1 Å². The van der Waals surface area contributed by atoms with Crippen LogP contribution in [-0.2, 0) is 0 Å². The van der Waals surface area contributed by atoms with Gasteiger partial charge >= 0.3 is 5.97 Å². The highest BCUT2D eigenvalue weighted by molar-refractivity contribution is 6.14. The van der Waals surface area contributed by atoms with Crippen molar-refractivity contribution in [2.24, 2.45) is 0 Å². The number of carbonyl (C=O) groups is 2. The quantitative estimate of drug-likeness (QED) is 0.256. The van der Waals surface area contributed by atoms with Gasteiger partial charge in [-0.2, -0.15) is 0 Å². The van der Waals surface area contributed by atoms with Gasteiger partial charge in [0, 0.05) is 6.07 Å². The summed E-state index contributed by atoms with van der Waals surface area (Å²) in [5, 5.41) is 0. The minimum atomic E-state index is -0.592. The van der Waals surface area contributed by atoms with Crippen LogP contribution >= 0.6 is 0 Å². The molecule has 0 N–H and O–H groups in total. The first-order chi connectivity index (χ1) is 17.0. The van der Waals surface area contributed by atoms with Crippen molar-refractivity contribution in [2.75, 3.05) is 27.9 Å². The van der Waals surface area contributed by atoms with Crippen molar-refractivity contribution in [1.29, 1.82) is 0 Å². The van der Waals surface area contributed by atoms with E-state index in [2.05, 4.69) is 0 Å². The Hall–Kier alpha value is -4.46. The highest BCUT2D eigenvalue weighted by Gasteiger charge is 2.27. The number of Topliss-reactive ketones (excluding diaryl/α,β-unsaturated/α-hetero) is 1. The van der Waals surface area contributed by atoms with Gasteiger partial charge in [-0.05, 0) is 55.0 Å². The molecule has 0 unspecified atom stereocenters. The molecule has 0 saturated heterocycles. The molecule has 0 spiro atoms. The van der Waals surface area contributed by atoms with Gasteiger partial charge in [0.25, 0.3) is 0 Å². The summed E-state index contributed by atoms with van der Waals surface area (Å²) >= 11 is 0. The van der Waals surface area contributed by atoms with Crippen LogP contribution in [0.2, 0.25) is 0 Å². The molecule has 0 bridgehead atoms. The molecule has 0 saturated carbocycles. The summed E-state index contributed by atoms with van der Waals surface area (Å²) < 4.78 is 32.5. The molecular weight excluding hydrogens is 452 g/mol. The van der Waals surface area contributed by atoms with Crippen molar-refractivity contribution in [3.63, 3.8) is 0 Å². The van der Waals surface area contributed by atoms with Crippen molar-refractivity contribution in [3.05, 3.63) is 77.0 Å². The van der Waals surface area contributed by atoms with Gasteiger partial charge in [0.05, 0.1) is 39.1 Å². The number of esters is 1. The normalized spacial score (nSPS) is 13.1. The van der Waals surface area contributed by atoms with E-state index in [1.165, 1.54) is 33.5 Å². The first-order valence-corrected chi connectivity index (χ1v) is 10.8. The van der Waals surface area contributed by atoms with Gasteiger partial charge in [0.2, 0.25) is 11.5 Å². The highest BCUT2D eigenvalue weighted by atomic mass is 16.5. The predicted octanol–water partition coefficient (Wildman–Crippen LogP) is 4.95. The van der Waals surface area contributed by atoms with Crippen molar-refractivity contribution < 1.29 is 38.0 Å². The van der Waals surface area contributed by atoms with Crippen molar-refractivity contribution >= 4 is 17.8 Å². The lowest BCUT2D eigenvalue weighted by atomic mass is 10.1. The van der Waals surface area contributed by atoms with Gasteiger partial charge in [-0.25, -0.2) is 4.79 Å². The van der Waals surface area contributed by atoms with Crippen LogP contribution in [0.4, 0.5) is 0 Å². The Morgan fingerprint density at radius 1 is 0.886 bits per heavy atom.